The van der Waals surface area contributed by atoms with Crippen LogP contribution in [0.1, 0.15) is 47.2 Å². The molecule has 2 amide bonds. The molecule has 0 atom stereocenters. The molecule has 4 aromatic rings. The van der Waals surface area contributed by atoms with E-state index >= 15 is 0 Å². The highest BCUT2D eigenvalue weighted by Gasteiger charge is 2.19. The van der Waals surface area contributed by atoms with Crippen molar-refractivity contribution in [2.45, 2.75) is 32.7 Å². The number of unbranched alkanes of at least 4 members (excludes halogenated alkanes) is 2. The van der Waals surface area contributed by atoms with Crippen LogP contribution in [0.15, 0.2) is 57.8 Å². The normalized spacial score (nSPS) is 11.1. The molecule has 9 heteroatoms. The van der Waals surface area contributed by atoms with Crippen molar-refractivity contribution < 1.29 is 9.59 Å². The third-order valence-electron chi connectivity index (χ3n) is 5.22. The lowest BCUT2D eigenvalue weighted by molar-refractivity contribution is 0.0841. The topological polar surface area (TPSA) is 109 Å². The van der Waals surface area contributed by atoms with Crippen molar-refractivity contribution in [3.63, 3.8) is 0 Å². The molecule has 4 rings (SSSR count). The van der Waals surface area contributed by atoms with E-state index in [1.165, 1.54) is 4.68 Å². The lowest BCUT2D eigenvalue weighted by Gasteiger charge is -2.11. The molecule has 0 unspecified atom stereocenters. The number of halogens is 1. The first-order valence-electron chi connectivity index (χ1n) is 10.4. The number of rotatable bonds is 6. The summed E-state index contributed by atoms with van der Waals surface area (Å²) in [6.07, 6.45) is 2.75. The number of carbonyl (C=O) groups excluding carboxylic acids is 2. The molecule has 0 fully saturated rings. The third kappa shape index (κ3) is 4.16. The van der Waals surface area contributed by atoms with E-state index in [-0.39, 0.29) is 16.9 Å². The fourth-order valence-electron chi connectivity index (χ4n) is 3.57. The number of H-pyrrole nitrogens is 1. The number of nitrogens with one attached hydrogen (secondary N) is 3. The van der Waals surface area contributed by atoms with Gasteiger partial charge in [0.25, 0.3) is 17.4 Å². The van der Waals surface area contributed by atoms with Crippen LogP contribution in [0.5, 0.6) is 0 Å². The molecule has 2 aromatic heterocycles. The highest BCUT2D eigenvalue weighted by Crippen LogP contribution is 2.27. The third-order valence-corrected chi connectivity index (χ3v) is 6.04. The van der Waals surface area contributed by atoms with Gasteiger partial charge in [-0.25, -0.2) is 4.68 Å². The Morgan fingerprint density at radius 1 is 0.969 bits per heavy atom. The number of hydrazine groups is 1. The summed E-state index contributed by atoms with van der Waals surface area (Å²) >= 11 is 3.43. The van der Waals surface area contributed by atoms with E-state index in [1.54, 1.807) is 24.3 Å². The Morgan fingerprint density at radius 3 is 2.34 bits per heavy atom. The van der Waals surface area contributed by atoms with Gasteiger partial charge in [-0.3, -0.25) is 25.2 Å². The van der Waals surface area contributed by atoms with Crippen molar-refractivity contribution in [1.82, 2.24) is 25.6 Å². The molecule has 0 bridgehead atoms. The highest BCUT2D eigenvalue weighted by atomic mass is 79.9. The first-order chi connectivity index (χ1) is 15.5. The number of carbonyl (C=O) groups is 2. The molecule has 0 spiro atoms. The zero-order valence-electron chi connectivity index (χ0n) is 17.4. The predicted octanol–water partition coefficient (Wildman–Crippen LogP) is 3.91. The molecular weight excluding hydrogens is 474 g/mol. The number of aromatic amines is 1. The van der Waals surface area contributed by atoms with Crippen LogP contribution in [0.2, 0.25) is 0 Å². The average molecular weight is 496 g/mol. The number of aryl methyl sites for hydroxylation is 1. The highest BCUT2D eigenvalue weighted by molar-refractivity contribution is 9.10. The van der Waals surface area contributed by atoms with Gasteiger partial charge in [-0.05, 0) is 34.5 Å². The smallest absolute Gasteiger partial charge is 0.290 e. The number of fused-ring (bicyclic) bond motifs is 2. The average Bonchev–Trinajstić information content (AvgIpc) is 3.15. The van der Waals surface area contributed by atoms with Gasteiger partial charge in [0.2, 0.25) is 0 Å². The van der Waals surface area contributed by atoms with Crippen molar-refractivity contribution in [2.75, 3.05) is 0 Å². The van der Waals surface area contributed by atoms with Crippen molar-refractivity contribution >= 4 is 49.4 Å². The molecule has 164 valence electrons. The van der Waals surface area contributed by atoms with Gasteiger partial charge >= 0.3 is 0 Å². The van der Waals surface area contributed by atoms with E-state index in [0.29, 0.717) is 21.8 Å². The van der Waals surface area contributed by atoms with Crippen molar-refractivity contribution in [1.29, 1.82) is 0 Å². The van der Waals surface area contributed by atoms with E-state index in [9.17, 15) is 14.4 Å². The summed E-state index contributed by atoms with van der Waals surface area (Å²) in [5.74, 6) is -1.12. The van der Waals surface area contributed by atoms with Crippen molar-refractivity contribution in [2.24, 2.45) is 0 Å². The first-order valence-corrected chi connectivity index (χ1v) is 11.2. The van der Waals surface area contributed by atoms with Crippen molar-refractivity contribution in [3.8, 4) is 0 Å². The summed E-state index contributed by atoms with van der Waals surface area (Å²) in [5.41, 5.74) is 5.76. The number of para-hydroxylation sites is 1. The van der Waals surface area contributed by atoms with Crippen LogP contribution in [0, 0.1) is 0 Å². The van der Waals surface area contributed by atoms with Crippen LogP contribution >= 0.6 is 15.9 Å². The molecule has 8 nitrogen and oxygen atoms in total. The minimum atomic E-state index is -0.606. The number of amides is 2. The lowest BCUT2D eigenvalue weighted by atomic mass is 10.1. The summed E-state index contributed by atoms with van der Waals surface area (Å²) in [5, 5.41) is 6.00. The number of hydrogen-bond donors (Lipinski definition) is 3. The van der Waals surface area contributed by atoms with Gasteiger partial charge in [-0.1, -0.05) is 56.2 Å². The van der Waals surface area contributed by atoms with Gasteiger partial charge in [-0.15, -0.1) is 0 Å². The second kappa shape index (κ2) is 9.35. The van der Waals surface area contributed by atoms with Crippen LogP contribution in [0.4, 0.5) is 0 Å². The Balaban J connectivity index is 1.59. The van der Waals surface area contributed by atoms with Crippen LogP contribution < -0.4 is 16.4 Å². The van der Waals surface area contributed by atoms with Crippen molar-refractivity contribution in [3.05, 3.63) is 74.7 Å². The molecular formula is C23H22BrN5O3. The Bertz CT molecular complexity index is 1380. The molecule has 0 radical (unpaired) electrons. The second-order valence-electron chi connectivity index (χ2n) is 7.40. The molecule has 0 saturated carbocycles. The molecule has 2 heterocycles. The molecule has 2 aromatic carbocycles. The van der Waals surface area contributed by atoms with E-state index in [0.717, 1.165) is 30.2 Å². The Kier molecular flexibility index (Phi) is 6.36. The molecule has 0 saturated heterocycles. The maximum atomic E-state index is 12.9. The summed E-state index contributed by atoms with van der Waals surface area (Å²) < 4.78 is 1.93. The number of aromatic nitrogens is 3. The van der Waals surface area contributed by atoms with E-state index < -0.39 is 11.8 Å². The standard InChI is InChI=1S/C23H22BrN5O3/c1-2-3-8-13-29-23(32)15-10-5-4-9-14(15)19(28-29)21(30)26-27-22(31)20-18(24)16-11-6-7-12-17(16)25-20/h4-7,9-12,25H,2-3,8,13H2,1H3,(H,26,30)(H,27,31). The van der Waals surface area contributed by atoms with E-state index in [2.05, 4.69) is 43.8 Å². The molecule has 0 aliphatic carbocycles. The predicted molar refractivity (Wildman–Crippen MR) is 126 cm³/mol. The Labute approximate surface area is 192 Å². The molecule has 32 heavy (non-hydrogen) atoms. The maximum Gasteiger partial charge on any atom is 0.290 e. The Hall–Kier alpha value is -3.46. The largest absolute Gasteiger partial charge is 0.350 e. The van der Waals surface area contributed by atoms with Crippen LogP contribution in [-0.2, 0) is 6.54 Å². The summed E-state index contributed by atoms with van der Waals surface area (Å²) in [6, 6.07) is 14.3. The minimum absolute atomic E-state index is 0.0766. The number of hydrogen-bond acceptors (Lipinski definition) is 4. The second-order valence-corrected chi connectivity index (χ2v) is 8.19. The lowest BCUT2D eigenvalue weighted by Crippen LogP contribution is -2.43. The first kappa shape index (κ1) is 21.8. The fraction of sp³-hybridized carbons (Fsp3) is 0.217. The number of nitrogens with zero attached hydrogens (tertiary/aromatic N) is 2. The van der Waals surface area contributed by atoms with E-state index in [4.69, 9.17) is 0 Å². The van der Waals surface area contributed by atoms with E-state index in [1.807, 2.05) is 24.3 Å². The van der Waals surface area contributed by atoms with Gasteiger partial charge in [0.1, 0.15) is 5.69 Å². The van der Waals surface area contributed by atoms with Crippen LogP contribution in [-0.4, -0.2) is 26.6 Å². The van der Waals surface area contributed by atoms with Gasteiger partial charge in [-0.2, -0.15) is 5.10 Å². The van der Waals surface area contributed by atoms with Gasteiger partial charge in [0.05, 0.1) is 9.86 Å². The molecule has 0 aliphatic heterocycles. The molecule has 0 aliphatic rings. The van der Waals surface area contributed by atoms with Crippen LogP contribution in [0.3, 0.4) is 0 Å². The van der Waals surface area contributed by atoms with Gasteiger partial charge in [0.15, 0.2) is 5.69 Å². The minimum Gasteiger partial charge on any atom is -0.350 e. The summed E-state index contributed by atoms with van der Waals surface area (Å²) in [4.78, 5) is 41.4. The van der Waals surface area contributed by atoms with Gasteiger partial charge < -0.3 is 4.98 Å². The quantitative estimate of drug-likeness (QED) is 0.278. The Morgan fingerprint density at radius 2 is 1.62 bits per heavy atom. The molecule has 3 N–H and O–H groups in total. The zero-order chi connectivity index (χ0) is 22.7. The fourth-order valence-corrected chi connectivity index (χ4v) is 4.19. The zero-order valence-corrected chi connectivity index (χ0v) is 19.0. The van der Waals surface area contributed by atoms with Crippen LogP contribution in [0.25, 0.3) is 21.7 Å². The maximum absolute atomic E-state index is 12.9. The SMILES string of the molecule is CCCCCn1nc(C(=O)NNC(=O)c2[nH]c3ccccc3c2Br)c2ccccc2c1=O. The summed E-state index contributed by atoms with van der Waals surface area (Å²) in [6.45, 7) is 2.50. The monoisotopic (exact) mass is 495 g/mol. The summed E-state index contributed by atoms with van der Waals surface area (Å²) in [7, 11) is 0. The number of benzene rings is 2. The van der Waals surface area contributed by atoms with Gasteiger partial charge in [0, 0.05) is 22.8 Å².